The second kappa shape index (κ2) is 4.72. The summed E-state index contributed by atoms with van der Waals surface area (Å²) in [6.07, 6.45) is 0. The highest BCUT2D eigenvalue weighted by Gasteiger charge is 2.19. The van der Waals surface area contributed by atoms with E-state index in [1.807, 2.05) is 0 Å². The van der Waals surface area contributed by atoms with Crippen molar-refractivity contribution in [3.05, 3.63) is 93.9 Å². The number of benzene rings is 3. The maximum absolute atomic E-state index is 12.5. The van der Waals surface area contributed by atoms with Crippen LogP contribution in [0.5, 0.6) is 0 Å². The monoisotopic (exact) mass is 350 g/mol. The first-order valence-electron chi connectivity index (χ1n) is 6.93. The van der Waals surface area contributed by atoms with E-state index in [1.54, 1.807) is 0 Å². The Morgan fingerprint density at radius 1 is 0.500 bits per heavy atom. The molecule has 0 aliphatic carbocycles. The lowest BCUT2D eigenvalue weighted by molar-refractivity contribution is 1.32. The molecule has 0 radical (unpaired) electrons. The first kappa shape index (κ1) is 15.4. The van der Waals surface area contributed by atoms with E-state index in [2.05, 4.69) is 9.97 Å². The minimum Gasteiger partial charge on any atom is -0.287 e. The van der Waals surface area contributed by atoms with Gasteiger partial charge in [0.2, 0.25) is 21.7 Å². The minimum atomic E-state index is -1.63. The molecule has 0 N–H and O–H groups in total. The Kier molecular flexibility index (Phi) is 2.81. The van der Waals surface area contributed by atoms with Crippen LogP contribution < -0.4 is 43.4 Å². The van der Waals surface area contributed by atoms with E-state index in [4.69, 9.17) is 0 Å². The molecule has 0 fully saturated rings. The van der Waals surface area contributed by atoms with Gasteiger partial charge in [0.15, 0.2) is 0 Å². The third kappa shape index (κ3) is 1.75. The van der Waals surface area contributed by atoms with Crippen molar-refractivity contribution in [1.29, 1.82) is 0 Å². The zero-order chi connectivity index (χ0) is 18.9. The molecule has 0 spiro atoms. The van der Waals surface area contributed by atoms with Crippen molar-refractivity contribution < 1.29 is 0 Å². The average molecular weight is 350 g/mol. The standard InChI is InChI=1S/C16H2N2O8/c19-6-2-5-9(14(24)11(6)21)17-4-1-3-7(12(22)8(4)18-5)13(23)16(26)15(25)10(3)20/h1-2H. The van der Waals surface area contributed by atoms with Gasteiger partial charge >= 0.3 is 0 Å². The summed E-state index contributed by atoms with van der Waals surface area (Å²) in [4.78, 5) is 102. The summed E-state index contributed by atoms with van der Waals surface area (Å²) in [5.74, 6) is 0. The largest absolute Gasteiger partial charge is 0.287 e. The molecule has 3 aromatic carbocycles. The summed E-state index contributed by atoms with van der Waals surface area (Å²) in [5.41, 5.74) is -12.5. The van der Waals surface area contributed by atoms with Crippen LogP contribution in [0.2, 0.25) is 0 Å². The third-order valence-electron chi connectivity index (χ3n) is 3.95. The molecule has 4 rings (SSSR count). The van der Waals surface area contributed by atoms with E-state index in [1.165, 1.54) is 0 Å². The maximum atomic E-state index is 12.5. The van der Waals surface area contributed by atoms with Crippen molar-refractivity contribution in [3.8, 4) is 0 Å². The fourth-order valence-corrected chi connectivity index (χ4v) is 2.70. The molecule has 0 aliphatic rings. The fraction of sp³-hybridized carbons (Fsp3) is 0. The van der Waals surface area contributed by atoms with Gasteiger partial charge in [-0.1, -0.05) is 0 Å². The predicted octanol–water partition coefficient (Wildman–Crippen LogP) is -3.43. The smallest absolute Gasteiger partial charge is 0.277 e. The van der Waals surface area contributed by atoms with Crippen LogP contribution >= 0.6 is 0 Å². The van der Waals surface area contributed by atoms with E-state index < -0.39 is 65.2 Å². The summed E-state index contributed by atoms with van der Waals surface area (Å²) < 4.78 is 0. The van der Waals surface area contributed by atoms with Crippen LogP contribution in [0.1, 0.15) is 0 Å². The first-order valence-corrected chi connectivity index (χ1v) is 6.93. The van der Waals surface area contributed by atoms with Gasteiger partial charge in [-0.05, 0) is 6.07 Å². The summed E-state index contributed by atoms with van der Waals surface area (Å²) in [7, 11) is 0. The Morgan fingerprint density at radius 2 is 1.04 bits per heavy atom. The quantitative estimate of drug-likeness (QED) is 0.230. The second-order valence-corrected chi connectivity index (χ2v) is 5.44. The van der Waals surface area contributed by atoms with E-state index in [9.17, 15) is 38.4 Å². The van der Waals surface area contributed by atoms with Crippen molar-refractivity contribution in [2.75, 3.05) is 0 Å². The molecule has 4 aromatic rings. The van der Waals surface area contributed by atoms with Gasteiger partial charge in [-0.3, -0.25) is 38.4 Å². The van der Waals surface area contributed by atoms with Gasteiger partial charge in [0, 0.05) is 11.5 Å². The second-order valence-electron chi connectivity index (χ2n) is 5.44. The highest BCUT2D eigenvalue weighted by molar-refractivity contribution is 5.97. The molecule has 1 heterocycles. The van der Waals surface area contributed by atoms with Gasteiger partial charge < -0.3 is 0 Å². The van der Waals surface area contributed by atoms with E-state index in [0.29, 0.717) is 6.07 Å². The highest BCUT2D eigenvalue weighted by atomic mass is 16.2. The summed E-state index contributed by atoms with van der Waals surface area (Å²) in [6, 6.07) is 1.59. The van der Waals surface area contributed by atoms with Gasteiger partial charge in [-0.15, -0.1) is 0 Å². The summed E-state index contributed by atoms with van der Waals surface area (Å²) in [6.45, 7) is 0. The van der Waals surface area contributed by atoms with Crippen molar-refractivity contribution >= 4 is 32.8 Å². The van der Waals surface area contributed by atoms with Crippen molar-refractivity contribution in [2.45, 2.75) is 0 Å². The van der Waals surface area contributed by atoms with Gasteiger partial charge in [-0.25, -0.2) is 9.97 Å². The number of fused-ring (bicyclic) bond motifs is 3. The maximum Gasteiger partial charge on any atom is 0.277 e. The zero-order valence-corrected chi connectivity index (χ0v) is 12.3. The van der Waals surface area contributed by atoms with Gasteiger partial charge in [0.1, 0.15) is 11.0 Å². The number of nitrogens with zero attached hydrogens (tertiary/aromatic N) is 2. The normalized spacial score (nSPS) is 11.5. The Hall–Kier alpha value is -4.08. The molecule has 10 heteroatoms. The fourth-order valence-electron chi connectivity index (χ4n) is 2.70. The molecule has 10 nitrogen and oxygen atoms in total. The van der Waals surface area contributed by atoms with Crippen molar-refractivity contribution in [2.24, 2.45) is 0 Å². The Labute approximate surface area is 137 Å². The molecule has 1 aromatic heterocycles. The Balaban J connectivity index is 2.44. The number of hydrogen-bond donors (Lipinski definition) is 0. The Morgan fingerprint density at radius 3 is 1.69 bits per heavy atom. The van der Waals surface area contributed by atoms with Crippen LogP contribution in [-0.4, -0.2) is 9.97 Å². The predicted molar refractivity (Wildman–Crippen MR) is 89.5 cm³/mol. The number of rotatable bonds is 0. The molecule has 0 unspecified atom stereocenters. The van der Waals surface area contributed by atoms with E-state index in [-0.39, 0.29) is 11.0 Å². The number of hydrogen-bond acceptors (Lipinski definition) is 10. The topological polar surface area (TPSA) is 162 Å². The van der Waals surface area contributed by atoms with Gasteiger partial charge in [-0.2, -0.15) is 0 Å². The van der Waals surface area contributed by atoms with Crippen molar-refractivity contribution in [1.82, 2.24) is 9.97 Å². The first-order chi connectivity index (χ1) is 12.2. The van der Waals surface area contributed by atoms with Crippen LogP contribution in [-0.2, 0) is 0 Å². The highest BCUT2D eigenvalue weighted by Crippen LogP contribution is 2.12. The van der Waals surface area contributed by atoms with Crippen LogP contribution in [0.3, 0.4) is 0 Å². The van der Waals surface area contributed by atoms with E-state index in [0.717, 1.165) is 6.07 Å². The van der Waals surface area contributed by atoms with Crippen molar-refractivity contribution in [3.63, 3.8) is 0 Å². The summed E-state index contributed by atoms with van der Waals surface area (Å²) >= 11 is 0. The molecule has 0 amide bonds. The molecule has 0 saturated carbocycles. The van der Waals surface area contributed by atoms with Gasteiger partial charge in [0.25, 0.3) is 21.7 Å². The lowest BCUT2D eigenvalue weighted by atomic mass is 10.1. The Bertz CT molecular complexity index is 1740. The molecule has 124 valence electrons. The summed E-state index contributed by atoms with van der Waals surface area (Å²) in [5, 5.41) is -1.44. The number of aromatic nitrogens is 2. The molecular weight excluding hydrogens is 348 g/mol. The van der Waals surface area contributed by atoms with E-state index >= 15 is 0 Å². The molecule has 0 aliphatic heterocycles. The zero-order valence-electron chi connectivity index (χ0n) is 12.3. The lowest BCUT2D eigenvalue weighted by Crippen LogP contribution is -2.48. The molecule has 26 heavy (non-hydrogen) atoms. The van der Waals surface area contributed by atoms with Gasteiger partial charge in [0.05, 0.1) is 16.4 Å². The molecule has 0 bridgehead atoms. The average Bonchev–Trinajstić information content (AvgIpc) is 2.62. The lowest BCUT2D eigenvalue weighted by Gasteiger charge is -2.00. The van der Waals surface area contributed by atoms with Crippen LogP contribution in [0.15, 0.2) is 50.5 Å². The third-order valence-corrected chi connectivity index (χ3v) is 3.95. The van der Waals surface area contributed by atoms with Crippen LogP contribution in [0, 0.1) is 0 Å². The molecule has 0 atom stereocenters. The van der Waals surface area contributed by atoms with Crippen LogP contribution in [0.4, 0.5) is 0 Å². The van der Waals surface area contributed by atoms with Crippen LogP contribution in [0.25, 0.3) is 32.8 Å². The SMILES string of the molecule is O=c1cc2nc3c(=O)c4c(=O)c(=O)c(=O)c(=O)c4cc3nc2c(=O)c1=O. The molecule has 0 saturated heterocycles. The molecular formula is C16H2N2O8. The minimum absolute atomic E-state index is 0.334.